The van der Waals surface area contributed by atoms with Crippen molar-refractivity contribution in [1.29, 1.82) is 0 Å². The molecule has 0 aliphatic carbocycles. The number of rotatable bonds is 4. The lowest BCUT2D eigenvalue weighted by atomic mass is 9.73. The van der Waals surface area contributed by atoms with E-state index in [1.165, 1.54) is 5.56 Å². The number of hydrogen-bond donors (Lipinski definition) is 1. The molecule has 0 saturated carbocycles. The molecule has 5 nitrogen and oxygen atoms in total. The van der Waals surface area contributed by atoms with Gasteiger partial charge < -0.3 is 14.9 Å². The SMILES string of the molecule is Cc1cccc(-c2ccc([C@@H]3[C@H]4CN(C(=O)c5ccccc5)CC(=O)N4[C@H]3CO)cc2)c1. The third-order valence-electron chi connectivity index (χ3n) is 6.71. The second-order valence-corrected chi connectivity index (χ2v) is 8.69. The number of fused-ring (bicyclic) bond motifs is 1. The van der Waals surface area contributed by atoms with Crippen molar-refractivity contribution in [3.63, 3.8) is 0 Å². The zero-order valence-electron chi connectivity index (χ0n) is 18.0. The summed E-state index contributed by atoms with van der Waals surface area (Å²) in [6.07, 6.45) is 0. The van der Waals surface area contributed by atoms with Crippen molar-refractivity contribution < 1.29 is 14.7 Å². The van der Waals surface area contributed by atoms with E-state index in [4.69, 9.17) is 0 Å². The summed E-state index contributed by atoms with van der Waals surface area (Å²) in [5, 5.41) is 10.0. The highest BCUT2D eigenvalue weighted by molar-refractivity contribution is 5.97. The van der Waals surface area contributed by atoms with Gasteiger partial charge in [0.25, 0.3) is 5.91 Å². The van der Waals surface area contributed by atoms with Gasteiger partial charge in [0.05, 0.1) is 18.7 Å². The molecule has 0 aromatic heterocycles. The molecule has 32 heavy (non-hydrogen) atoms. The quantitative estimate of drug-likeness (QED) is 0.695. The Bertz CT molecular complexity index is 1140. The minimum atomic E-state index is -0.244. The maximum Gasteiger partial charge on any atom is 0.254 e. The fourth-order valence-electron chi connectivity index (χ4n) is 5.14. The molecule has 2 aliphatic heterocycles. The summed E-state index contributed by atoms with van der Waals surface area (Å²) < 4.78 is 0. The van der Waals surface area contributed by atoms with Gasteiger partial charge in [-0.15, -0.1) is 0 Å². The van der Waals surface area contributed by atoms with E-state index in [9.17, 15) is 14.7 Å². The van der Waals surface area contributed by atoms with Crippen LogP contribution in [-0.4, -0.2) is 58.5 Å². The topological polar surface area (TPSA) is 60.9 Å². The van der Waals surface area contributed by atoms with Gasteiger partial charge in [-0.1, -0.05) is 72.3 Å². The summed E-state index contributed by atoms with van der Waals surface area (Å²) in [5.41, 5.74) is 5.19. The fraction of sp³-hybridized carbons (Fsp3) is 0.259. The van der Waals surface area contributed by atoms with Gasteiger partial charge in [0.15, 0.2) is 0 Å². The molecule has 2 saturated heterocycles. The van der Waals surface area contributed by atoms with Gasteiger partial charge in [-0.25, -0.2) is 0 Å². The van der Waals surface area contributed by atoms with Crippen molar-refractivity contribution in [3.05, 3.63) is 95.6 Å². The first-order chi connectivity index (χ1) is 15.6. The smallest absolute Gasteiger partial charge is 0.254 e. The third kappa shape index (κ3) is 3.49. The highest BCUT2D eigenvalue weighted by Crippen LogP contribution is 2.43. The molecule has 2 aliphatic rings. The molecule has 5 rings (SSSR count). The lowest BCUT2D eigenvalue weighted by Gasteiger charge is -2.58. The number of aliphatic hydroxyl groups excluding tert-OH is 1. The van der Waals surface area contributed by atoms with Crippen LogP contribution in [0.2, 0.25) is 0 Å². The molecule has 1 N–H and O–H groups in total. The van der Waals surface area contributed by atoms with Gasteiger partial charge in [0.1, 0.15) is 6.54 Å². The minimum absolute atomic E-state index is 0.00174. The van der Waals surface area contributed by atoms with Crippen LogP contribution in [0.3, 0.4) is 0 Å². The van der Waals surface area contributed by atoms with Crippen molar-refractivity contribution in [2.45, 2.75) is 24.9 Å². The number of carbonyl (C=O) groups is 2. The van der Waals surface area contributed by atoms with E-state index >= 15 is 0 Å². The second kappa shape index (κ2) is 8.24. The predicted molar refractivity (Wildman–Crippen MR) is 123 cm³/mol. The molecule has 3 aromatic carbocycles. The van der Waals surface area contributed by atoms with Crippen LogP contribution in [0.4, 0.5) is 0 Å². The van der Waals surface area contributed by atoms with Crippen LogP contribution in [0.1, 0.15) is 27.4 Å². The molecule has 3 atom stereocenters. The molecule has 3 aromatic rings. The first-order valence-electron chi connectivity index (χ1n) is 11.0. The molecular weight excluding hydrogens is 400 g/mol. The fourth-order valence-corrected chi connectivity index (χ4v) is 5.14. The van der Waals surface area contributed by atoms with E-state index in [0.717, 1.165) is 16.7 Å². The average molecular weight is 427 g/mol. The highest BCUT2D eigenvalue weighted by Gasteiger charge is 2.54. The number of amides is 2. The Balaban J connectivity index is 1.39. The van der Waals surface area contributed by atoms with Gasteiger partial charge in [0.2, 0.25) is 5.91 Å². The lowest BCUT2D eigenvalue weighted by Crippen LogP contribution is -2.73. The molecular formula is C27H26N2O3. The number of nitrogens with zero attached hydrogens (tertiary/aromatic N) is 2. The summed E-state index contributed by atoms with van der Waals surface area (Å²) >= 11 is 0. The van der Waals surface area contributed by atoms with Crippen LogP contribution in [0.5, 0.6) is 0 Å². The lowest BCUT2D eigenvalue weighted by molar-refractivity contribution is -0.159. The highest BCUT2D eigenvalue weighted by atomic mass is 16.3. The van der Waals surface area contributed by atoms with Crippen LogP contribution in [0.25, 0.3) is 11.1 Å². The number of hydrogen-bond acceptors (Lipinski definition) is 3. The Morgan fingerprint density at radius 1 is 0.969 bits per heavy atom. The van der Waals surface area contributed by atoms with Crippen molar-refractivity contribution in [2.75, 3.05) is 19.7 Å². The van der Waals surface area contributed by atoms with Crippen molar-refractivity contribution in [1.82, 2.24) is 9.80 Å². The molecule has 0 bridgehead atoms. The van der Waals surface area contributed by atoms with Gasteiger partial charge >= 0.3 is 0 Å². The van der Waals surface area contributed by atoms with E-state index < -0.39 is 0 Å². The maximum atomic E-state index is 13.0. The first-order valence-corrected chi connectivity index (χ1v) is 11.0. The summed E-state index contributed by atoms with van der Waals surface area (Å²) in [5.74, 6) is -0.223. The van der Waals surface area contributed by atoms with E-state index in [-0.39, 0.29) is 43.0 Å². The first kappa shape index (κ1) is 20.5. The van der Waals surface area contributed by atoms with Crippen molar-refractivity contribution in [3.8, 4) is 11.1 Å². The third-order valence-corrected chi connectivity index (χ3v) is 6.71. The van der Waals surface area contributed by atoms with Crippen LogP contribution >= 0.6 is 0 Å². The van der Waals surface area contributed by atoms with Crippen LogP contribution in [0, 0.1) is 6.92 Å². The van der Waals surface area contributed by atoms with Gasteiger partial charge in [-0.3, -0.25) is 9.59 Å². The Kier molecular flexibility index (Phi) is 5.27. The maximum absolute atomic E-state index is 13.0. The number of aliphatic hydroxyl groups is 1. The molecule has 2 heterocycles. The van der Waals surface area contributed by atoms with E-state index in [2.05, 4.69) is 55.5 Å². The number of aryl methyl sites for hydroxylation is 1. The predicted octanol–water partition coefficient (Wildman–Crippen LogP) is 3.47. The number of piperazine rings is 1. The summed E-state index contributed by atoms with van der Waals surface area (Å²) in [6.45, 7) is 2.52. The number of carbonyl (C=O) groups excluding carboxylic acids is 2. The van der Waals surface area contributed by atoms with Gasteiger partial charge in [-0.05, 0) is 35.7 Å². The Labute approximate surface area is 187 Å². The summed E-state index contributed by atoms with van der Waals surface area (Å²) in [6, 6.07) is 25.5. The van der Waals surface area contributed by atoms with Crippen molar-refractivity contribution >= 4 is 11.8 Å². The van der Waals surface area contributed by atoms with Crippen LogP contribution in [-0.2, 0) is 4.79 Å². The van der Waals surface area contributed by atoms with Crippen LogP contribution < -0.4 is 0 Å². The number of benzene rings is 3. The molecule has 2 fully saturated rings. The van der Waals surface area contributed by atoms with E-state index in [1.807, 2.05) is 18.2 Å². The molecule has 0 spiro atoms. The second-order valence-electron chi connectivity index (χ2n) is 8.69. The zero-order valence-corrected chi connectivity index (χ0v) is 18.0. The summed E-state index contributed by atoms with van der Waals surface area (Å²) in [4.78, 5) is 29.2. The standard InChI is InChI=1S/C27H26N2O3/c1-18-6-5-9-22(14-18)19-10-12-20(13-11-19)26-23-15-28(16-25(31)29(23)24(26)17-30)27(32)21-7-3-2-4-8-21/h2-14,23-24,26,30H,15-17H2,1H3/t23-,24+,26-/m1/s1. The molecule has 162 valence electrons. The average Bonchev–Trinajstić information content (AvgIpc) is 2.81. The zero-order chi connectivity index (χ0) is 22.2. The Hall–Kier alpha value is -3.44. The minimum Gasteiger partial charge on any atom is -0.394 e. The molecule has 0 radical (unpaired) electrons. The van der Waals surface area contributed by atoms with Gasteiger partial charge in [-0.2, -0.15) is 0 Å². The van der Waals surface area contributed by atoms with Crippen LogP contribution in [0.15, 0.2) is 78.9 Å². The monoisotopic (exact) mass is 426 g/mol. The van der Waals surface area contributed by atoms with Crippen molar-refractivity contribution in [2.24, 2.45) is 0 Å². The molecule has 2 amide bonds. The Morgan fingerprint density at radius 3 is 2.41 bits per heavy atom. The van der Waals surface area contributed by atoms with E-state index in [1.54, 1.807) is 21.9 Å². The largest absolute Gasteiger partial charge is 0.394 e. The Morgan fingerprint density at radius 2 is 1.72 bits per heavy atom. The van der Waals surface area contributed by atoms with Gasteiger partial charge in [0, 0.05) is 18.0 Å². The summed E-state index contributed by atoms with van der Waals surface area (Å²) in [7, 11) is 0. The molecule has 0 unspecified atom stereocenters. The molecule has 5 heteroatoms. The normalized spacial score (nSPS) is 22.3. The van der Waals surface area contributed by atoms with E-state index in [0.29, 0.717) is 12.1 Å².